The summed E-state index contributed by atoms with van der Waals surface area (Å²) in [6.07, 6.45) is 0. The van der Waals surface area contributed by atoms with Crippen molar-refractivity contribution in [1.82, 2.24) is 5.06 Å². The Balaban J connectivity index is 2.60. The number of carbonyl (C=O) groups excluding carboxylic acids is 2. The molecule has 0 saturated carbocycles. The van der Waals surface area contributed by atoms with Crippen LogP contribution in [0.4, 0.5) is 0 Å². The second kappa shape index (κ2) is 4.86. The molecular formula is C15H18ClNO3. The van der Waals surface area contributed by atoms with Gasteiger partial charge in [-0.1, -0.05) is 11.6 Å². The molecule has 0 radical (unpaired) electrons. The van der Waals surface area contributed by atoms with Crippen LogP contribution < -0.4 is 0 Å². The summed E-state index contributed by atoms with van der Waals surface area (Å²) in [5.41, 5.74) is 1.39. The zero-order valence-electron chi connectivity index (χ0n) is 12.3. The van der Waals surface area contributed by atoms with E-state index in [1.54, 1.807) is 26.0 Å². The number of Topliss-reactive ketones (excluding diaryl/α,β-unsaturated/α-hetero) is 1. The van der Waals surface area contributed by atoms with Crippen molar-refractivity contribution in [3.8, 4) is 0 Å². The van der Waals surface area contributed by atoms with E-state index in [2.05, 4.69) is 0 Å². The lowest BCUT2D eigenvalue weighted by Crippen LogP contribution is -2.54. The molecular weight excluding hydrogens is 278 g/mol. The predicted octanol–water partition coefficient (Wildman–Crippen LogP) is 2.79. The largest absolute Gasteiger partial charge is 0.295 e. The quantitative estimate of drug-likeness (QED) is 0.749. The van der Waals surface area contributed by atoms with Gasteiger partial charge in [-0.05, 0) is 56.5 Å². The summed E-state index contributed by atoms with van der Waals surface area (Å²) in [4.78, 5) is 30.3. The van der Waals surface area contributed by atoms with E-state index in [4.69, 9.17) is 16.4 Å². The number of hydrogen-bond donors (Lipinski definition) is 0. The van der Waals surface area contributed by atoms with Crippen LogP contribution >= 0.6 is 11.6 Å². The van der Waals surface area contributed by atoms with Gasteiger partial charge in [0.05, 0.1) is 0 Å². The van der Waals surface area contributed by atoms with Gasteiger partial charge in [-0.3, -0.25) is 14.4 Å². The molecule has 1 fully saturated rings. The average Bonchev–Trinajstić information content (AvgIpc) is 2.29. The van der Waals surface area contributed by atoms with Crippen LogP contribution in [0.25, 0.3) is 0 Å². The number of hydroxylamine groups is 2. The van der Waals surface area contributed by atoms with E-state index in [1.807, 2.05) is 13.8 Å². The minimum absolute atomic E-state index is 0.228. The Morgan fingerprint density at radius 1 is 1.20 bits per heavy atom. The summed E-state index contributed by atoms with van der Waals surface area (Å²) in [5.74, 6) is -1.40. The van der Waals surface area contributed by atoms with Crippen LogP contribution in [-0.2, 0) is 14.4 Å². The number of carbonyl (C=O) groups is 2. The Hall–Kier alpha value is -1.39. The maximum atomic E-state index is 12.6. The summed E-state index contributed by atoms with van der Waals surface area (Å²) < 4.78 is 0. The van der Waals surface area contributed by atoms with Gasteiger partial charge in [0.25, 0.3) is 5.91 Å². The monoisotopic (exact) mass is 295 g/mol. The van der Waals surface area contributed by atoms with Gasteiger partial charge in [0.1, 0.15) is 11.5 Å². The molecule has 1 aliphatic rings. The van der Waals surface area contributed by atoms with Crippen LogP contribution in [0.5, 0.6) is 0 Å². The van der Waals surface area contributed by atoms with Crippen molar-refractivity contribution in [1.29, 1.82) is 0 Å². The van der Waals surface area contributed by atoms with Gasteiger partial charge < -0.3 is 0 Å². The zero-order chi connectivity index (χ0) is 15.2. The normalized spacial score (nSPS) is 22.3. The van der Waals surface area contributed by atoms with E-state index in [-0.39, 0.29) is 11.7 Å². The molecule has 0 aromatic heterocycles. The van der Waals surface area contributed by atoms with Crippen molar-refractivity contribution in [3.63, 3.8) is 0 Å². The van der Waals surface area contributed by atoms with E-state index in [0.29, 0.717) is 5.02 Å². The van der Waals surface area contributed by atoms with Crippen molar-refractivity contribution >= 4 is 23.3 Å². The highest BCUT2D eigenvalue weighted by molar-refractivity contribution is 6.30. The predicted molar refractivity (Wildman–Crippen MR) is 76.6 cm³/mol. The highest BCUT2D eigenvalue weighted by Crippen LogP contribution is 2.36. The number of rotatable bonds is 1. The van der Waals surface area contributed by atoms with Crippen LogP contribution in [0, 0.1) is 13.8 Å². The molecule has 1 unspecified atom stereocenters. The first-order valence-electron chi connectivity index (χ1n) is 6.43. The van der Waals surface area contributed by atoms with Gasteiger partial charge >= 0.3 is 0 Å². The third-order valence-corrected chi connectivity index (χ3v) is 3.84. The smallest absolute Gasteiger partial charge is 0.261 e. The molecule has 5 heteroatoms. The first kappa shape index (κ1) is 15.0. The third kappa shape index (κ3) is 2.34. The highest BCUT2D eigenvalue weighted by Gasteiger charge is 2.48. The lowest BCUT2D eigenvalue weighted by atomic mass is 9.80. The summed E-state index contributed by atoms with van der Waals surface area (Å²) >= 11 is 6.01. The van der Waals surface area contributed by atoms with Crippen molar-refractivity contribution in [2.24, 2.45) is 0 Å². The molecule has 108 valence electrons. The van der Waals surface area contributed by atoms with E-state index >= 15 is 0 Å². The maximum absolute atomic E-state index is 12.6. The van der Waals surface area contributed by atoms with E-state index < -0.39 is 11.5 Å². The molecule has 0 N–H and O–H groups in total. The Morgan fingerprint density at radius 2 is 1.70 bits per heavy atom. The van der Waals surface area contributed by atoms with Crippen molar-refractivity contribution in [2.75, 3.05) is 7.05 Å². The third-order valence-electron chi connectivity index (χ3n) is 3.63. The van der Waals surface area contributed by atoms with Gasteiger partial charge in [-0.15, -0.1) is 0 Å². The first-order valence-corrected chi connectivity index (χ1v) is 6.80. The highest BCUT2D eigenvalue weighted by atomic mass is 35.5. The number of hydrogen-bond acceptors (Lipinski definition) is 3. The molecule has 0 spiro atoms. The molecule has 20 heavy (non-hydrogen) atoms. The number of halogens is 1. The topological polar surface area (TPSA) is 46.6 Å². The van der Waals surface area contributed by atoms with Crippen LogP contribution in [0.1, 0.15) is 36.5 Å². The van der Waals surface area contributed by atoms with E-state index in [9.17, 15) is 9.59 Å². The second-order valence-corrected chi connectivity index (χ2v) is 6.12. The second-order valence-electron chi connectivity index (χ2n) is 5.69. The van der Waals surface area contributed by atoms with E-state index in [0.717, 1.165) is 21.8 Å². The lowest BCUT2D eigenvalue weighted by molar-refractivity contribution is -0.233. The fourth-order valence-electron chi connectivity index (χ4n) is 2.71. The van der Waals surface area contributed by atoms with E-state index in [1.165, 1.54) is 7.05 Å². The first-order chi connectivity index (χ1) is 9.15. The lowest BCUT2D eigenvalue weighted by Gasteiger charge is -2.38. The van der Waals surface area contributed by atoms with Gasteiger partial charge in [0, 0.05) is 12.1 Å². The van der Waals surface area contributed by atoms with Crippen molar-refractivity contribution in [2.45, 2.75) is 39.2 Å². The molecule has 1 aromatic rings. The standard InChI is InChI=1S/C15H18ClNO3/c1-8-6-10(16)7-9(2)11(8)12-13(18)15(3,4)20-17(5)14(12)19/h6-7,12H,1-5H3. The van der Waals surface area contributed by atoms with Gasteiger partial charge in [-0.2, -0.15) is 0 Å². The molecule has 0 bridgehead atoms. The van der Waals surface area contributed by atoms with Gasteiger partial charge in [0.2, 0.25) is 0 Å². The van der Waals surface area contributed by atoms with Crippen LogP contribution in [0.2, 0.25) is 5.02 Å². The summed E-state index contributed by atoms with van der Waals surface area (Å²) in [7, 11) is 1.53. The Morgan fingerprint density at radius 3 is 2.20 bits per heavy atom. The Kier molecular flexibility index (Phi) is 3.65. The summed E-state index contributed by atoms with van der Waals surface area (Å²) in [6, 6.07) is 3.54. The maximum Gasteiger partial charge on any atom is 0.261 e. The molecule has 1 heterocycles. The number of benzene rings is 1. The fraction of sp³-hybridized carbons (Fsp3) is 0.467. The minimum Gasteiger partial charge on any atom is -0.295 e. The Labute approximate surface area is 123 Å². The van der Waals surface area contributed by atoms with Crippen LogP contribution in [0.3, 0.4) is 0 Å². The molecule has 0 aliphatic carbocycles. The number of likely N-dealkylation sites (N-methyl/N-ethyl adjacent to an activating group) is 1. The zero-order valence-corrected chi connectivity index (χ0v) is 13.0. The van der Waals surface area contributed by atoms with Crippen LogP contribution in [0.15, 0.2) is 12.1 Å². The SMILES string of the molecule is Cc1cc(Cl)cc(C)c1C1C(=O)N(C)OC(C)(C)C1=O. The molecule has 1 aromatic carbocycles. The number of aryl methyl sites for hydroxylation is 2. The van der Waals surface area contributed by atoms with Crippen molar-refractivity contribution < 1.29 is 14.4 Å². The molecule has 1 atom stereocenters. The number of nitrogens with zero attached hydrogens (tertiary/aromatic N) is 1. The molecule has 1 aliphatic heterocycles. The molecule has 1 saturated heterocycles. The number of amides is 1. The molecule has 1 amide bonds. The number of ketones is 1. The Bertz CT molecular complexity index is 572. The molecule has 2 rings (SSSR count). The molecule has 4 nitrogen and oxygen atoms in total. The van der Waals surface area contributed by atoms with Crippen molar-refractivity contribution in [3.05, 3.63) is 33.8 Å². The summed E-state index contributed by atoms with van der Waals surface area (Å²) in [5, 5.41) is 1.75. The van der Waals surface area contributed by atoms with Gasteiger partial charge in [-0.25, -0.2) is 5.06 Å². The average molecular weight is 296 g/mol. The minimum atomic E-state index is -1.02. The van der Waals surface area contributed by atoms with Crippen LogP contribution in [-0.4, -0.2) is 29.4 Å². The fourth-order valence-corrected chi connectivity index (χ4v) is 3.03. The summed E-state index contributed by atoms with van der Waals surface area (Å²) in [6.45, 7) is 7.06. The van der Waals surface area contributed by atoms with Gasteiger partial charge in [0.15, 0.2) is 5.78 Å².